The van der Waals surface area contributed by atoms with Gasteiger partial charge in [-0.15, -0.1) is 23.2 Å². The van der Waals surface area contributed by atoms with Crippen LogP contribution in [0.1, 0.15) is 21.8 Å². The van der Waals surface area contributed by atoms with Crippen LogP contribution >= 0.6 is 69.3 Å². The minimum absolute atomic E-state index is 0.225. The lowest BCUT2D eigenvalue weighted by atomic mass is 10.1. The number of carbonyl (C=O) groups excluding carboxylic acids is 2. The van der Waals surface area contributed by atoms with Crippen molar-refractivity contribution in [1.82, 2.24) is 0 Å². The molecule has 31 heavy (non-hydrogen) atoms. The molecule has 10 heteroatoms. The zero-order chi connectivity index (χ0) is 22.3. The largest absolute Gasteiger partial charge is 0.326 e. The zero-order valence-electron chi connectivity index (χ0n) is 15.5. The van der Waals surface area contributed by atoms with Crippen LogP contribution in [0.5, 0.6) is 0 Å². The van der Waals surface area contributed by atoms with Crippen LogP contribution in [0.15, 0.2) is 53.2 Å². The van der Waals surface area contributed by atoms with Gasteiger partial charge in [-0.1, -0.05) is 34.8 Å². The van der Waals surface area contributed by atoms with E-state index in [1.54, 1.807) is 35.7 Å². The molecule has 160 valence electrons. The van der Waals surface area contributed by atoms with Crippen molar-refractivity contribution >= 4 is 92.5 Å². The Labute approximate surface area is 207 Å². The fourth-order valence-electron chi connectivity index (χ4n) is 3.35. The van der Waals surface area contributed by atoms with E-state index in [2.05, 4.69) is 10.6 Å². The molecule has 2 unspecified atom stereocenters. The summed E-state index contributed by atoms with van der Waals surface area (Å²) in [5, 5.41) is 10.3. The molecular weight excluding hydrogens is 522 g/mol. The lowest BCUT2D eigenvalue weighted by Crippen LogP contribution is -2.18. The molecule has 2 atom stereocenters. The predicted molar refractivity (Wildman–Crippen MR) is 129 cm³/mol. The Bertz CT molecular complexity index is 1150. The first-order chi connectivity index (χ1) is 14.7. The van der Waals surface area contributed by atoms with Crippen LogP contribution in [0, 0.1) is 5.92 Å². The summed E-state index contributed by atoms with van der Waals surface area (Å²) in [6.07, 6.45) is 0. The minimum atomic E-state index is -1.30. The van der Waals surface area contributed by atoms with Crippen molar-refractivity contribution in [3.63, 3.8) is 0 Å². The number of hydrogen-bond donors (Lipinski definition) is 2. The Balaban J connectivity index is 1.51. The summed E-state index contributed by atoms with van der Waals surface area (Å²) in [6.45, 7) is 0. The van der Waals surface area contributed by atoms with Gasteiger partial charge in [0.2, 0.25) is 5.91 Å². The molecule has 1 aliphatic rings. The van der Waals surface area contributed by atoms with Crippen LogP contribution in [0.25, 0.3) is 0 Å². The van der Waals surface area contributed by atoms with Crippen molar-refractivity contribution in [2.24, 2.45) is 5.92 Å². The number of nitrogens with one attached hydrogen (secondary N) is 2. The van der Waals surface area contributed by atoms with Crippen LogP contribution in [-0.2, 0) is 4.79 Å². The third-order valence-corrected chi connectivity index (χ3v) is 7.23. The number of alkyl halides is 2. The van der Waals surface area contributed by atoms with Crippen molar-refractivity contribution in [3.05, 3.63) is 79.4 Å². The van der Waals surface area contributed by atoms with Gasteiger partial charge in [-0.05, 0) is 53.4 Å². The molecule has 1 fully saturated rings. The van der Waals surface area contributed by atoms with Gasteiger partial charge in [-0.3, -0.25) is 9.59 Å². The van der Waals surface area contributed by atoms with Crippen LogP contribution in [0.3, 0.4) is 0 Å². The second-order valence-electron chi connectivity index (χ2n) is 6.98. The van der Waals surface area contributed by atoms with Gasteiger partial charge in [-0.25, -0.2) is 0 Å². The summed E-state index contributed by atoms with van der Waals surface area (Å²) in [6, 6.07) is 11.4. The van der Waals surface area contributed by atoms with Crippen molar-refractivity contribution in [1.29, 1.82) is 0 Å². The monoisotopic (exact) mass is 532 g/mol. The van der Waals surface area contributed by atoms with Crippen LogP contribution in [-0.4, -0.2) is 16.1 Å². The van der Waals surface area contributed by atoms with Gasteiger partial charge in [0, 0.05) is 27.0 Å². The van der Waals surface area contributed by atoms with Gasteiger partial charge in [0.05, 0.1) is 22.2 Å². The molecule has 0 bridgehead atoms. The van der Waals surface area contributed by atoms with Crippen LogP contribution in [0.4, 0.5) is 11.4 Å². The van der Waals surface area contributed by atoms with Gasteiger partial charge < -0.3 is 10.6 Å². The average molecular weight is 535 g/mol. The summed E-state index contributed by atoms with van der Waals surface area (Å²) in [4.78, 5) is 25.4. The second kappa shape index (κ2) is 8.81. The second-order valence-corrected chi connectivity index (χ2v) is 10.5. The Morgan fingerprint density at radius 3 is 2.26 bits per heavy atom. The summed E-state index contributed by atoms with van der Waals surface area (Å²) in [5.74, 6) is -1.97. The number of thiophene rings is 1. The first kappa shape index (κ1) is 22.7. The molecule has 4 rings (SSSR count). The van der Waals surface area contributed by atoms with Crippen molar-refractivity contribution in [3.8, 4) is 0 Å². The van der Waals surface area contributed by atoms with E-state index < -0.39 is 22.1 Å². The molecule has 2 aromatic carbocycles. The smallest absolute Gasteiger partial charge is 0.257 e. The highest BCUT2D eigenvalue weighted by Crippen LogP contribution is 2.65. The first-order valence-electron chi connectivity index (χ1n) is 8.94. The molecule has 1 saturated carbocycles. The SMILES string of the molecule is O=C(Nc1ccsc1)c1cc(NC(=O)C2C(c3cc(Cl)cc(Cl)c3)C2(Cl)Cl)ccc1Cl. The fourth-order valence-corrected chi connectivity index (χ4v) is 5.52. The van der Waals surface area contributed by atoms with Crippen LogP contribution < -0.4 is 10.6 Å². The third-order valence-electron chi connectivity index (χ3n) is 4.84. The Morgan fingerprint density at radius 2 is 1.61 bits per heavy atom. The molecule has 3 aromatic rings. The van der Waals surface area contributed by atoms with E-state index in [-0.39, 0.29) is 16.5 Å². The molecule has 4 nitrogen and oxygen atoms in total. The van der Waals surface area contributed by atoms with E-state index in [1.165, 1.54) is 23.5 Å². The molecule has 0 spiro atoms. The number of halogens is 5. The maximum Gasteiger partial charge on any atom is 0.257 e. The number of amides is 2. The number of rotatable bonds is 5. The molecule has 2 N–H and O–H groups in total. The molecule has 1 aliphatic carbocycles. The standard InChI is InChI=1S/C21H13Cl5N2O2S/c22-11-5-10(6-12(23)7-11)17-18(21(17,25)26)20(30)27-13-1-2-16(24)15(8-13)19(29)28-14-3-4-31-9-14/h1-9,17-18H,(H,27,30)(H,28,29). The molecule has 0 saturated heterocycles. The molecule has 1 heterocycles. The summed E-state index contributed by atoms with van der Waals surface area (Å²) in [7, 11) is 0. The van der Waals surface area contributed by atoms with E-state index in [0.29, 0.717) is 27.0 Å². The summed E-state index contributed by atoms with van der Waals surface area (Å²) >= 11 is 32.6. The third kappa shape index (κ3) is 4.82. The van der Waals surface area contributed by atoms with Crippen molar-refractivity contribution < 1.29 is 9.59 Å². The maximum atomic E-state index is 12.9. The highest BCUT2D eigenvalue weighted by molar-refractivity contribution is 7.08. The zero-order valence-corrected chi connectivity index (χ0v) is 20.1. The van der Waals surface area contributed by atoms with Crippen molar-refractivity contribution in [2.45, 2.75) is 10.3 Å². The highest BCUT2D eigenvalue weighted by atomic mass is 35.5. The fraction of sp³-hybridized carbons (Fsp3) is 0.143. The molecule has 1 aromatic heterocycles. The number of benzene rings is 2. The van der Waals surface area contributed by atoms with E-state index in [0.717, 1.165) is 0 Å². The number of hydrogen-bond acceptors (Lipinski definition) is 3. The first-order valence-corrected chi connectivity index (χ1v) is 11.8. The Kier molecular flexibility index (Phi) is 6.46. The van der Waals surface area contributed by atoms with Gasteiger partial charge in [-0.2, -0.15) is 11.3 Å². The van der Waals surface area contributed by atoms with E-state index in [1.807, 2.05) is 5.38 Å². The van der Waals surface area contributed by atoms with Gasteiger partial charge in [0.25, 0.3) is 5.91 Å². The highest BCUT2D eigenvalue weighted by Gasteiger charge is 2.67. The topological polar surface area (TPSA) is 58.2 Å². The Morgan fingerprint density at radius 1 is 0.903 bits per heavy atom. The summed E-state index contributed by atoms with van der Waals surface area (Å²) < 4.78 is -1.30. The molecule has 0 aliphatic heterocycles. The number of carbonyl (C=O) groups is 2. The van der Waals surface area contributed by atoms with Gasteiger partial charge in [0.1, 0.15) is 4.33 Å². The van der Waals surface area contributed by atoms with Crippen molar-refractivity contribution in [2.75, 3.05) is 10.6 Å². The maximum absolute atomic E-state index is 12.9. The van der Waals surface area contributed by atoms with Crippen LogP contribution in [0.2, 0.25) is 15.1 Å². The van der Waals surface area contributed by atoms with Gasteiger partial charge in [0.15, 0.2) is 0 Å². The molecule has 0 radical (unpaired) electrons. The predicted octanol–water partition coefficient (Wildman–Crippen LogP) is 7.49. The lowest BCUT2D eigenvalue weighted by molar-refractivity contribution is -0.117. The average Bonchev–Trinajstić information content (AvgIpc) is 2.99. The Hall–Kier alpha value is -1.47. The van der Waals surface area contributed by atoms with E-state index in [4.69, 9.17) is 58.0 Å². The quantitative estimate of drug-likeness (QED) is 0.333. The molecular formula is C21H13Cl5N2O2S. The normalized spacial score (nSPS) is 19.0. The number of anilines is 2. The summed E-state index contributed by atoms with van der Waals surface area (Å²) in [5.41, 5.74) is 1.96. The minimum Gasteiger partial charge on any atom is -0.326 e. The lowest BCUT2D eigenvalue weighted by Gasteiger charge is -2.10. The molecule has 2 amide bonds. The van der Waals surface area contributed by atoms with E-state index in [9.17, 15) is 9.59 Å². The van der Waals surface area contributed by atoms with E-state index >= 15 is 0 Å². The van der Waals surface area contributed by atoms with Gasteiger partial charge >= 0.3 is 0 Å².